The second-order valence-electron chi connectivity index (χ2n) is 9.34. The Morgan fingerprint density at radius 1 is 1.19 bits per heavy atom. The quantitative estimate of drug-likeness (QED) is 0.590. The van der Waals surface area contributed by atoms with Gasteiger partial charge in [0, 0.05) is 16.9 Å². The van der Waals surface area contributed by atoms with Gasteiger partial charge in [0.2, 0.25) is 0 Å². The molecule has 2 aliphatic carbocycles. The number of fused-ring (bicyclic) bond motifs is 2. The molecular formula is C20H22O7. The number of ether oxygens (including phenoxy) is 3. The van der Waals surface area contributed by atoms with Gasteiger partial charge in [-0.1, -0.05) is 13.8 Å². The lowest BCUT2D eigenvalue weighted by Crippen LogP contribution is -2.77. The number of hydrogen-bond donors (Lipinski definition) is 1. The molecule has 7 rings (SSSR count). The van der Waals surface area contributed by atoms with E-state index < -0.39 is 40.7 Å². The van der Waals surface area contributed by atoms with Crippen molar-refractivity contribution in [3.05, 3.63) is 24.2 Å². The monoisotopic (exact) mass is 374 g/mol. The number of epoxide rings is 1. The van der Waals surface area contributed by atoms with Crippen LogP contribution in [-0.4, -0.2) is 41.0 Å². The minimum Gasteiger partial charge on any atom is -0.472 e. The summed E-state index contributed by atoms with van der Waals surface area (Å²) in [4.78, 5) is 25.5. The summed E-state index contributed by atoms with van der Waals surface area (Å²) < 4.78 is 22.3. The van der Waals surface area contributed by atoms with Gasteiger partial charge in [0.15, 0.2) is 5.60 Å². The van der Waals surface area contributed by atoms with Gasteiger partial charge in [-0.15, -0.1) is 0 Å². The van der Waals surface area contributed by atoms with Crippen LogP contribution in [0.1, 0.15) is 44.8 Å². The summed E-state index contributed by atoms with van der Waals surface area (Å²) in [7, 11) is 0. The Bertz CT molecular complexity index is 849. The lowest BCUT2D eigenvalue weighted by molar-refractivity contribution is -0.282. The first kappa shape index (κ1) is 16.1. The summed E-state index contributed by atoms with van der Waals surface area (Å²) >= 11 is 0. The van der Waals surface area contributed by atoms with Crippen LogP contribution >= 0.6 is 0 Å². The Kier molecular flexibility index (Phi) is 2.73. The van der Waals surface area contributed by atoms with Crippen molar-refractivity contribution >= 4 is 11.9 Å². The number of rotatable bonds is 1. The fourth-order valence-corrected chi connectivity index (χ4v) is 6.93. The van der Waals surface area contributed by atoms with E-state index in [9.17, 15) is 14.7 Å². The van der Waals surface area contributed by atoms with Crippen LogP contribution in [0.5, 0.6) is 0 Å². The zero-order valence-electron chi connectivity index (χ0n) is 15.2. The van der Waals surface area contributed by atoms with E-state index in [1.807, 2.05) is 13.0 Å². The molecule has 7 nitrogen and oxygen atoms in total. The zero-order chi connectivity index (χ0) is 18.8. The van der Waals surface area contributed by atoms with Gasteiger partial charge >= 0.3 is 11.9 Å². The number of hydrogen-bond acceptors (Lipinski definition) is 7. The standard InChI is InChI=1S/C20H22O7/c1-18-7-11(9-4-6-24-8-9)25-16(21)10(18)3-5-19(2)14(18)12-13-15(26-13)20(19,23)17(22)27-12/h4,6,8,10-15,23H,3,5,7H2,1-2H3/t10-,11+,12-,13+,14+,15+,18-,19-,20+/m1/s1. The van der Waals surface area contributed by atoms with Gasteiger partial charge in [-0.3, -0.25) is 4.79 Å². The van der Waals surface area contributed by atoms with Crippen LogP contribution in [0.2, 0.25) is 0 Å². The molecule has 7 heteroatoms. The Labute approximate surface area is 155 Å². The van der Waals surface area contributed by atoms with Gasteiger partial charge in [-0.05, 0) is 30.7 Å². The molecule has 4 aliphatic heterocycles. The Morgan fingerprint density at radius 3 is 2.74 bits per heavy atom. The van der Waals surface area contributed by atoms with Gasteiger partial charge in [0.25, 0.3) is 0 Å². The molecular weight excluding hydrogens is 352 g/mol. The second-order valence-corrected chi connectivity index (χ2v) is 9.34. The van der Waals surface area contributed by atoms with Crippen molar-refractivity contribution in [2.24, 2.45) is 22.7 Å². The van der Waals surface area contributed by atoms with Crippen molar-refractivity contribution < 1.29 is 33.3 Å². The van der Waals surface area contributed by atoms with Crippen LogP contribution in [0.25, 0.3) is 0 Å². The van der Waals surface area contributed by atoms with Gasteiger partial charge in [0.05, 0.1) is 18.4 Å². The minimum absolute atomic E-state index is 0.169. The van der Waals surface area contributed by atoms with Crippen molar-refractivity contribution in [3.8, 4) is 0 Å². The molecule has 1 aromatic rings. The summed E-state index contributed by atoms with van der Waals surface area (Å²) in [6.07, 6.45) is 3.34. The molecule has 1 aromatic heterocycles. The topological polar surface area (TPSA) is 98.5 Å². The third-order valence-electron chi connectivity index (χ3n) is 8.24. The first-order valence-electron chi connectivity index (χ1n) is 9.62. The molecule has 2 saturated carbocycles. The number of carbonyl (C=O) groups is 2. The van der Waals surface area contributed by atoms with Crippen molar-refractivity contribution in [1.29, 1.82) is 0 Å². The van der Waals surface area contributed by atoms with E-state index >= 15 is 0 Å². The van der Waals surface area contributed by atoms with Crippen LogP contribution in [-0.2, 0) is 23.8 Å². The molecule has 5 heterocycles. The molecule has 0 aromatic carbocycles. The minimum atomic E-state index is -1.64. The van der Waals surface area contributed by atoms with E-state index in [0.29, 0.717) is 19.3 Å². The summed E-state index contributed by atoms with van der Waals surface area (Å²) in [6, 6.07) is 1.81. The third-order valence-corrected chi connectivity index (χ3v) is 8.24. The van der Waals surface area contributed by atoms with Crippen LogP contribution < -0.4 is 0 Å². The summed E-state index contributed by atoms with van der Waals surface area (Å²) in [5.41, 5.74) is -1.97. The molecule has 6 aliphatic rings. The molecule has 6 fully saturated rings. The van der Waals surface area contributed by atoms with E-state index in [2.05, 4.69) is 6.92 Å². The van der Waals surface area contributed by atoms with Crippen molar-refractivity contribution in [1.82, 2.24) is 0 Å². The highest BCUT2D eigenvalue weighted by Gasteiger charge is 2.84. The van der Waals surface area contributed by atoms with Crippen LogP contribution in [0.15, 0.2) is 23.0 Å². The molecule has 144 valence electrons. The average Bonchev–Trinajstić information content (AvgIpc) is 3.24. The maximum Gasteiger partial charge on any atom is 0.341 e. The van der Waals surface area contributed by atoms with Crippen LogP contribution in [0.4, 0.5) is 0 Å². The zero-order valence-corrected chi connectivity index (χ0v) is 15.2. The largest absolute Gasteiger partial charge is 0.472 e. The predicted molar refractivity (Wildman–Crippen MR) is 88.1 cm³/mol. The summed E-state index contributed by atoms with van der Waals surface area (Å²) in [6.45, 7) is 4.06. The number of aliphatic hydroxyl groups is 1. The Balaban J connectivity index is 1.48. The molecule has 0 spiro atoms. The lowest BCUT2D eigenvalue weighted by Gasteiger charge is -2.66. The van der Waals surface area contributed by atoms with E-state index in [-0.39, 0.29) is 23.9 Å². The third kappa shape index (κ3) is 1.63. The summed E-state index contributed by atoms with van der Waals surface area (Å²) in [5, 5.41) is 11.4. The van der Waals surface area contributed by atoms with E-state index in [1.54, 1.807) is 12.5 Å². The van der Waals surface area contributed by atoms with Crippen LogP contribution in [0.3, 0.4) is 0 Å². The number of cyclic esters (lactones) is 1. The highest BCUT2D eigenvalue weighted by atomic mass is 16.7. The van der Waals surface area contributed by atoms with Gasteiger partial charge in [-0.25, -0.2) is 4.79 Å². The van der Waals surface area contributed by atoms with Crippen molar-refractivity contribution in [2.75, 3.05) is 0 Å². The van der Waals surface area contributed by atoms with Crippen molar-refractivity contribution in [2.45, 2.75) is 63.1 Å². The van der Waals surface area contributed by atoms with Gasteiger partial charge < -0.3 is 23.7 Å². The van der Waals surface area contributed by atoms with E-state index in [0.717, 1.165) is 5.56 Å². The fraction of sp³-hybridized carbons (Fsp3) is 0.700. The number of esters is 2. The molecule has 0 unspecified atom stereocenters. The molecule has 9 atom stereocenters. The van der Waals surface area contributed by atoms with E-state index in [4.69, 9.17) is 18.6 Å². The van der Waals surface area contributed by atoms with Gasteiger partial charge in [-0.2, -0.15) is 0 Å². The first-order valence-corrected chi connectivity index (χ1v) is 9.62. The Hall–Kier alpha value is -1.86. The second kappa shape index (κ2) is 4.58. The maximum absolute atomic E-state index is 12.9. The SMILES string of the molecule is C[C@@]12C[C@@H](c3ccoc3)OC(=O)[C@H]1CC[C@]1(C)[C@H]2[C@@H]2OC(=O)[C@@]1(O)[C@H]1O[C@@H]21. The Morgan fingerprint density at radius 2 is 2.00 bits per heavy atom. The van der Waals surface area contributed by atoms with Crippen molar-refractivity contribution in [3.63, 3.8) is 0 Å². The number of furan rings is 1. The predicted octanol–water partition coefficient (Wildman–Crippen LogP) is 1.74. The maximum atomic E-state index is 12.9. The lowest BCUT2D eigenvalue weighted by atomic mass is 9.41. The van der Waals surface area contributed by atoms with E-state index in [1.165, 1.54) is 0 Å². The molecule has 2 bridgehead atoms. The summed E-state index contributed by atoms with van der Waals surface area (Å²) in [5.74, 6) is -1.24. The van der Waals surface area contributed by atoms with Crippen LogP contribution in [0, 0.1) is 22.7 Å². The molecule has 1 N–H and O–H groups in total. The number of carbonyl (C=O) groups excluding carboxylic acids is 2. The van der Waals surface area contributed by atoms with Gasteiger partial charge in [0.1, 0.15) is 24.4 Å². The molecule has 27 heavy (non-hydrogen) atoms. The fourth-order valence-electron chi connectivity index (χ4n) is 6.93. The average molecular weight is 374 g/mol. The molecule has 0 amide bonds. The highest BCUT2D eigenvalue weighted by molar-refractivity contribution is 5.85. The smallest absolute Gasteiger partial charge is 0.341 e. The molecule has 4 saturated heterocycles. The first-order chi connectivity index (χ1) is 12.8. The molecule has 0 radical (unpaired) electrons. The normalized spacial score (nSPS) is 55.1. The highest BCUT2D eigenvalue weighted by Crippen LogP contribution is 2.72.